The molecule has 0 aliphatic rings. The SMILES string of the molecule is CC(=O)c1cccc(S(=O)(=O)Nc2cc(C)cc3cccnc23)c1. The number of carbonyl (C=O) groups is 1. The van der Waals surface area contributed by atoms with Crippen molar-refractivity contribution in [2.75, 3.05) is 4.72 Å². The fourth-order valence-corrected chi connectivity index (χ4v) is 3.61. The lowest BCUT2D eigenvalue weighted by molar-refractivity contribution is 0.101. The molecule has 122 valence electrons. The van der Waals surface area contributed by atoms with Gasteiger partial charge >= 0.3 is 0 Å². The van der Waals surface area contributed by atoms with Crippen molar-refractivity contribution in [1.82, 2.24) is 4.98 Å². The van der Waals surface area contributed by atoms with E-state index in [1.807, 2.05) is 19.1 Å². The van der Waals surface area contributed by atoms with Gasteiger partial charge in [-0.05, 0) is 49.7 Å². The Labute approximate surface area is 140 Å². The van der Waals surface area contributed by atoms with Crippen molar-refractivity contribution in [2.45, 2.75) is 18.7 Å². The normalized spacial score (nSPS) is 11.4. The van der Waals surface area contributed by atoms with Gasteiger partial charge in [0.15, 0.2) is 5.78 Å². The molecule has 1 aromatic heterocycles. The van der Waals surface area contributed by atoms with Gasteiger partial charge in [-0.2, -0.15) is 0 Å². The molecule has 24 heavy (non-hydrogen) atoms. The molecule has 0 radical (unpaired) electrons. The van der Waals surface area contributed by atoms with Crippen molar-refractivity contribution in [1.29, 1.82) is 0 Å². The second kappa shape index (κ2) is 6.05. The smallest absolute Gasteiger partial charge is 0.261 e. The summed E-state index contributed by atoms with van der Waals surface area (Å²) < 4.78 is 27.9. The van der Waals surface area contributed by atoms with Crippen LogP contribution in [0.3, 0.4) is 0 Å². The van der Waals surface area contributed by atoms with Crippen molar-refractivity contribution < 1.29 is 13.2 Å². The van der Waals surface area contributed by atoms with Crippen LogP contribution >= 0.6 is 0 Å². The van der Waals surface area contributed by atoms with Gasteiger partial charge in [-0.1, -0.05) is 18.2 Å². The lowest BCUT2D eigenvalue weighted by atomic mass is 10.1. The van der Waals surface area contributed by atoms with Crippen LogP contribution in [-0.2, 0) is 10.0 Å². The Balaban J connectivity index is 2.07. The fourth-order valence-electron chi connectivity index (χ4n) is 2.51. The topological polar surface area (TPSA) is 76.1 Å². The van der Waals surface area contributed by atoms with Crippen molar-refractivity contribution in [3.05, 3.63) is 65.9 Å². The molecule has 0 saturated carbocycles. The van der Waals surface area contributed by atoms with E-state index in [1.54, 1.807) is 30.5 Å². The van der Waals surface area contributed by atoms with Crippen LogP contribution in [0.1, 0.15) is 22.8 Å². The number of hydrogen-bond donors (Lipinski definition) is 1. The molecule has 0 spiro atoms. The molecule has 3 rings (SSSR count). The minimum atomic E-state index is -3.82. The number of aryl methyl sites for hydroxylation is 1. The molecule has 0 amide bonds. The first-order valence-electron chi connectivity index (χ1n) is 7.36. The zero-order valence-corrected chi connectivity index (χ0v) is 14.1. The summed E-state index contributed by atoms with van der Waals surface area (Å²) in [5, 5.41) is 0.854. The quantitative estimate of drug-likeness (QED) is 0.737. The highest BCUT2D eigenvalue weighted by Crippen LogP contribution is 2.26. The Bertz CT molecular complexity index is 1040. The van der Waals surface area contributed by atoms with E-state index >= 15 is 0 Å². The summed E-state index contributed by atoms with van der Waals surface area (Å²) in [5.41, 5.74) is 2.27. The molecule has 0 atom stereocenters. The van der Waals surface area contributed by atoms with E-state index in [1.165, 1.54) is 19.1 Å². The van der Waals surface area contributed by atoms with E-state index in [0.29, 0.717) is 16.8 Å². The van der Waals surface area contributed by atoms with Crippen LogP contribution in [0.2, 0.25) is 0 Å². The number of sulfonamides is 1. The summed E-state index contributed by atoms with van der Waals surface area (Å²) in [7, 11) is -3.82. The number of Topliss-reactive ketones (excluding diaryl/α,β-unsaturated/α-hetero) is 1. The maximum Gasteiger partial charge on any atom is 0.261 e. The zero-order chi connectivity index (χ0) is 17.3. The van der Waals surface area contributed by atoms with Crippen LogP contribution in [-0.4, -0.2) is 19.2 Å². The average Bonchev–Trinajstić information content (AvgIpc) is 2.54. The molecule has 1 heterocycles. The molecular weight excluding hydrogens is 324 g/mol. The van der Waals surface area contributed by atoms with Gasteiger partial charge in [-0.3, -0.25) is 14.5 Å². The van der Waals surface area contributed by atoms with Gasteiger partial charge < -0.3 is 0 Å². The minimum Gasteiger partial charge on any atom is -0.295 e. The van der Waals surface area contributed by atoms with Gasteiger partial charge in [0.1, 0.15) is 0 Å². The molecule has 0 fully saturated rings. The average molecular weight is 340 g/mol. The van der Waals surface area contributed by atoms with Gasteiger partial charge in [0.2, 0.25) is 0 Å². The maximum atomic E-state index is 12.7. The molecule has 6 heteroatoms. The van der Waals surface area contributed by atoms with E-state index in [0.717, 1.165) is 10.9 Å². The standard InChI is InChI=1S/C18H16N2O3S/c1-12-9-15-6-4-8-19-18(15)17(10-12)20-24(22,23)16-7-3-5-14(11-16)13(2)21/h3-11,20H,1-2H3. The number of carbonyl (C=O) groups excluding carboxylic acids is 1. The Kier molecular flexibility index (Phi) is 4.07. The summed E-state index contributed by atoms with van der Waals surface area (Å²) in [5.74, 6) is -0.185. The van der Waals surface area contributed by atoms with Gasteiger partial charge in [-0.15, -0.1) is 0 Å². The van der Waals surface area contributed by atoms with Gasteiger partial charge in [0, 0.05) is 17.1 Å². The monoisotopic (exact) mass is 340 g/mol. The number of hydrogen-bond acceptors (Lipinski definition) is 4. The predicted octanol–water partition coefficient (Wildman–Crippen LogP) is 3.55. The molecule has 5 nitrogen and oxygen atoms in total. The van der Waals surface area contributed by atoms with Crippen molar-refractivity contribution in [3.8, 4) is 0 Å². The molecule has 0 saturated heterocycles. The Hall–Kier alpha value is -2.73. The first kappa shape index (κ1) is 16.1. The van der Waals surface area contributed by atoms with Crippen LogP contribution in [0.4, 0.5) is 5.69 Å². The number of ketones is 1. The maximum absolute atomic E-state index is 12.7. The third kappa shape index (κ3) is 3.14. The molecule has 3 aromatic rings. The van der Waals surface area contributed by atoms with Crippen molar-refractivity contribution in [2.24, 2.45) is 0 Å². The van der Waals surface area contributed by atoms with Crippen LogP contribution in [0, 0.1) is 6.92 Å². The van der Waals surface area contributed by atoms with Crippen LogP contribution in [0.25, 0.3) is 10.9 Å². The summed E-state index contributed by atoms with van der Waals surface area (Å²) in [6, 6.07) is 13.3. The number of nitrogens with zero attached hydrogens (tertiary/aromatic N) is 1. The fraction of sp³-hybridized carbons (Fsp3) is 0.111. The number of fused-ring (bicyclic) bond motifs is 1. The predicted molar refractivity (Wildman–Crippen MR) is 93.7 cm³/mol. The summed E-state index contributed by atoms with van der Waals surface area (Å²) in [4.78, 5) is 15.8. The number of anilines is 1. The van der Waals surface area contributed by atoms with Crippen molar-refractivity contribution in [3.63, 3.8) is 0 Å². The highest BCUT2D eigenvalue weighted by molar-refractivity contribution is 7.92. The third-order valence-electron chi connectivity index (χ3n) is 3.64. The number of rotatable bonds is 4. The Morgan fingerprint density at radius 2 is 1.88 bits per heavy atom. The summed E-state index contributed by atoms with van der Waals surface area (Å²) in [6.45, 7) is 3.29. The summed E-state index contributed by atoms with van der Waals surface area (Å²) >= 11 is 0. The molecule has 0 unspecified atom stereocenters. The minimum absolute atomic E-state index is 0.0424. The van der Waals surface area contributed by atoms with Gasteiger partial charge in [-0.25, -0.2) is 8.42 Å². The largest absolute Gasteiger partial charge is 0.295 e. The van der Waals surface area contributed by atoms with E-state index in [4.69, 9.17) is 0 Å². The molecule has 0 bridgehead atoms. The number of benzene rings is 2. The molecular formula is C18H16N2O3S. The van der Waals surface area contributed by atoms with Crippen LogP contribution < -0.4 is 4.72 Å². The van der Waals surface area contributed by atoms with E-state index < -0.39 is 10.0 Å². The van der Waals surface area contributed by atoms with Gasteiger partial charge in [0.25, 0.3) is 10.0 Å². The van der Waals surface area contributed by atoms with Crippen LogP contribution in [0.15, 0.2) is 59.6 Å². The molecule has 2 aromatic carbocycles. The lowest BCUT2D eigenvalue weighted by Gasteiger charge is -2.12. The van der Waals surface area contributed by atoms with E-state index in [2.05, 4.69) is 9.71 Å². The highest BCUT2D eigenvalue weighted by Gasteiger charge is 2.17. The Morgan fingerprint density at radius 1 is 1.08 bits per heavy atom. The highest BCUT2D eigenvalue weighted by atomic mass is 32.2. The first-order chi connectivity index (χ1) is 11.4. The second-order valence-electron chi connectivity index (χ2n) is 5.58. The second-order valence-corrected chi connectivity index (χ2v) is 7.26. The number of nitrogens with one attached hydrogen (secondary N) is 1. The van der Waals surface area contributed by atoms with Gasteiger partial charge in [0.05, 0.1) is 16.1 Å². The first-order valence-corrected chi connectivity index (χ1v) is 8.84. The third-order valence-corrected chi connectivity index (χ3v) is 5.01. The zero-order valence-electron chi connectivity index (χ0n) is 13.3. The van der Waals surface area contributed by atoms with Crippen molar-refractivity contribution >= 4 is 32.4 Å². The Morgan fingerprint density at radius 3 is 2.62 bits per heavy atom. The number of pyridine rings is 1. The lowest BCUT2D eigenvalue weighted by Crippen LogP contribution is -2.14. The molecule has 0 aliphatic heterocycles. The number of aromatic nitrogens is 1. The van der Waals surface area contributed by atoms with Crippen LogP contribution in [0.5, 0.6) is 0 Å². The summed E-state index contributed by atoms with van der Waals surface area (Å²) in [6.07, 6.45) is 1.62. The van der Waals surface area contributed by atoms with E-state index in [-0.39, 0.29) is 10.7 Å². The molecule has 1 N–H and O–H groups in total. The molecule has 0 aliphatic carbocycles. The van der Waals surface area contributed by atoms with E-state index in [9.17, 15) is 13.2 Å².